The molecule has 2 rings (SSSR count). The molecule has 4 nitrogen and oxygen atoms in total. The van der Waals surface area contributed by atoms with Gasteiger partial charge in [-0.05, 0) is 37.5 Å². The Labute approximate surface area is 227 Å². The van der Waals surface area contributed by atoms with Crippen LogP contribution in [0.5, 0.6) is 5.75 Å². The molecule has 0 aliphatic carbocycles. The normalized spacial score (nSPS) is 12.3. The zero-order valence-electron chi connectivity index (χ0n) is 24.1. The Morgan fingerprint density at radius 2 is 1.32 bits per heavy atom. The number of nitrogens with zero attached hydrogens (tertiary/aromatic N) is 1. The molecule has 0 bridgehead atoms. The number of hydrogen-bond donors (Lipinski definition) is 0. The van der Waals surface area contributed by atoms with Crippen LogP contribution in [0.15, 0.2) is 54.6 Å². The van der Waals surface area contributed by atoms with Gasteiger partial charge in [0.2, 0.25) is 6.79 Å². The molecule has 0 aliphatic rings. The molecule has 0 saturated carbocycles. The molecule has 0 aliphatic heterocycles. The third kappa shape index (κ3) is 13.2. The largest absolute Gasteiger partial charge is 0.457 e. The lowest BCUT2D eigenvalue weighted by atomic mass is 10.0. The van der Waals surface area contributed by atoms with Crippen LogP contribution in [0.25, 0.3) is 0 Å². The minimum absolute atomic E-state index is 0.0590. The quantitative estimate of drug-likeness (QED) is 0.0775. The van der Waals surface area contributed by atoms with E-state index in [2.05, 4.69) is 45.3 Å². The van der Waals surface area contributed by atoms with Crippen molar-refractivity contribution in [1.82, 2.24) is 0 Å². The Hall–Kier alpha value is -2.33. The van der Waals surface area contributed by atoms with E-state index in [-0.39, 0.29) is 18.8 Å². The first-order valence-corrected chi connectivity index (χ1v) is 14.7. The van der Waals surface area contributed by atoms with Gasteiger partial charge in [0.1, 0.15) is 12.3 Å². The number of unbranched alkanes of at least 4 members (excludes halogenated alkanes) is 11. The molecule has 0 N–H and O–H groups in total. The lowest BCUT2D eigenvalue weighted by molar-refractivity contribution is -0.917. The second-order valence-corrected chi connectivity index (χ2v) is 11.1. The summed E-state index contributed by atoms with van der Waals surface area (Å²) in [6, 6.07) is 18.1. The van der Waals surface area contributed by atoms with E-state index in [0.29, 0.717) is 4.48 Å². The van der Waals surface area contributed by atoms with Gasteiger partial charge in [-0.1, -0.05) is 120 Å². The van der Waals surface area contributed by atoms with Gasteiger partial charge in [0.05, 0.1) is 14.1 Å². The topological polar surface area (TPSA) is 35.5 Å². The van der Waals surface area contributed by atoms with Crippen molar-refractivity contribution in [3.63, 3.8) is 0 Å². The van der Waals surface area contributed by atoms with Crippen molar-refractivity contribution < 1.29 is 18.8 Å². The van der Waals surface area contributed by atoms with Crippen LogP contribution in [0.3, 0.4) is 0 Å². The van der Waals surface area contributed by atoms with E-state index in [0.717, 1.165) is 18.7 Å². The van der Waals surface area contributed by atoms with Crippen LogP contribution >= 0.6 is 0 Å². The summed E-state index contributed by atoms with van der Waals surface area (Å²) in [5.74, 6) is 0.517. The van der Waals surface area contributed by atoms with Crippen LogP contribution in [0.4, 0.5) is 0 Å². The Kier molecular flexibility index (Phi) is 15.0. The molecule has 0 spiro atoms. The van der Waals surface area contributed by atoms with Crippen molar-refractivity contribution in [3.05, 3.63) is 65.7 Å². The van der Waals surface area contributed by atoms with Crippen molar-refractivity contribution in [2.45, 2.75) is 110 Å². The standard InChI is InChI=1S/C33H52NO3/c1-5-6-7-8-9-10-11-12-13-14-15-17-21-30-24-20-25-32(26-30)36-28-37-33(35)29(2)34(3,4)27-31-22-18-16-19-23-31/h16,18-20,22-26,29H,5-15,17,21,27-28H2,1-4H3/q+1. The Morgan fingerprint density at radius 1 is 0.757 bits per heavy atom. The Bertz CT molecular complexity index is 865. The SMILES string of the molecule is CCCCCCCCCCCCCCc1cccc(OCOC(=O)C(C)[N+](C)(C)Cc2ccccc2)c1. The molecule has 2 aromatic carbocycles. The molecule has 0 aromatic heterocycles. The van der Waals surface area contributed by atoms with Crippen molar-refractivity contribution in [3.8, 4) is 5.75 Å². The number of ether oxygens (including phenoxy) is 2. The van der Waals surface area contributed by atoms with Gasteiger partial charge in [0.25, 0.3) is 0 Å². The number of hydrogen-bond acceptors (Lipinski definition) is 3. The molecule has 0 amide bonds. The maximum Gasteiger partial charge on any atom is 0.367 e. The molecule has 2 aromatic rings. The van der Waals surface area contributed by atoms with E-state index in [1.54, 1.807) is 0 Å². The average Bonchev–Trinajstić information content (AvgIpc) is 2.89. The summed E-state index contributed by atoms with van der Waals surface area (Å²) >= 11 is 0. The van der Waals surface area contributed by atoms with Crippen molar-refractivity contribution in [2.75, 3.05) is 20.9 Å². The van der Waals surface area contributed by atoms with Gasteiger partial charge in [-0.25, -0.2) is 4.79 Å². The van der Waals surface area contributed by atoms with Crippen molar-refractivity contribution in [1.29, 1.82) is 0 Å². The molecule has 0 saturated heterocycles. The van der Waals surface area contributed by atoms with Crippen molar-refractivity contribution >= 4 is 5.97 Å². The molecular formula is C33H52NO3+. The molecular weight excluding hydrogens is 458 g/mol. The molecule has 37 heavy (non-hydrogen) atoms. The lowest BCUT2D eigenvalue weighted by Crippen LogP contribution is -2.51. The van der Waals surface area contributed by atoms with Crippen LogP contribution in [0.2, 0.25) is 0 Å². The maximum atomic E-state index is 12.7. The summed E-state index contributed by atoms with van der Waals surface area (Å²) in [5, 5.41) is 0. The minimum atomic E-state index is -0.291. The molecule has 0 fully saturated rings. The summed E-state index contributed by atoms with van der Waals surface area (Å²) in [7, 11) is 4.11. The van der Waals surface area contributed by atoms with E-state index in [1.165, 1.54) is 88.2 Å². The van der Waals surface area contributed by atoms with E-state index in [1.807, 2.05) is 37.3 Å². The second-order valence-electron chi connectivity index (χ2n) is 11.1. The van der Waals surface area contributed by atoms with Gasteiger partial charge in [-0.3, -0.25) is 0 Å². The molecule has 0 radical (unpaired) electrons. The van der Waals surface area contributed by atoms with Gasteiger partial charge < -0.3 is 14.0 Å². The van der Waals surface area contributed by atoms with E-state index in [9.17, 15) is 4.79 Å². The first kappa shape index (κ1) is 30.9. The van der Waals surface area contributed by atoms with Gasteiger partial charge in [0, 0.05) is 5.56 Å². The molecule has 1 atom stereocenters. The highest BCUT2D eigenvalue weighted by molar-refractivity contribution is 5.74. The number of rotatable bonds is 20. The summed E-state index contributed by atoms with van der Waals surface area (Å²) in [6.07, 6.45) is 17.4. The van der Waals surface area contributed by atoms with Crippen LogP contribution in [0.1, 0.15) is 102 Å². The fraction of sp³-hybridized carbons (Fsp3) is 0.606. The van der Waals surface area contributed by atoms with Gasteiger partial charge >= 0.3 is 5.97 Å². The van der Waals surface area contributed by atoms with Gasteiger partial charge in [0.15, 0.2) is 6.04 Å². The zero-order valence-corrected chi connectivity index (χ0v) is 24.1. The smallest absolute Gasteiger partial charge is 0.367 e. The van der Waals surface area contributed by atoms with Gasteiger partial charge in [-0.2, -0.15) is 0 Å². The van der Waals surface area contributed by atoms with Crippen LogP contribution in [0, 0.1) is 0 Å². The summed E-state index contributed by atoms with van der Waals surface area (Å²) in [4.78, 5) is 12.7. The van der Waals surface area contributed by atoms with Crippen LogP contribution in [-0.4, -0.2) is 37.4 Å². The van der Waals surface area contributed by atoms with Crippen LogP contribution in [-0.2, 0) is 22.5 Å². The number of esters is 1. The van der Waals surface area contributed by atoms with Gasteiger partial charge in [-0.15, -0.1) is 0 Å². The maximum absolute atomic E-state index is 12.7. The first-order valence-electron chi connectivity index (χ1n) is 14.7. The number of quaternary nitrogens is 1. The monoisotopic (exact) mass is 510 g/mol. The summed E-state index contributed by atoms with van der Waals surface area (Å²) in [6.45, 7) is 4.90. The van der Waals surface area contributed by atoms with Crippen LogP contribution < -0.4 is 4.74 Å². The summed E-state index contributed by atoms with van der Waals surface area (Å²) in [5.41, 5.74) is 2.48. The lowest BCUT2D eigenvalue weighted by Gasteiger charge is -2.34. The highest BCUT2D eigenvalue weighted by atomic mass is 16.7. The molecule has 4 heteroatoms. The van der Waals surface area contributed by atoms with E-state index in [4.69, 9.17) is 9.47 Å². The zero-order chi connectivity index (χ0) is 26.8. The minimum Gasteiger partial charge on any atom is -0.457 e. The van der Waals surface area contributed by atoms with E-state index < -0.39 is 0 Å². The molecule has 206 valence electrons. The highest BCUT2D eigenvalue weighted by Gasteiger charge is 2.32. The number of likely N-dealkylation sites (N-methyl/N-ethyl adjacent to an activating group) is 1. The summed E-state index contributed by atoms with van der Waals surface area (Å²) < 4.78 is 11.8. The average molecular weight is 511 g/mol. The number of aryl methyl sites for hydroxylation is 1. The first-order chi connectivity index (χ1) is 17.9. The second kappa shape index (κ2) is 18.0. The molecule has 1 unspecified atom stereocenters. The molecule has 0 heterocycles. The highest BCUT2D eigenvalue weighted by Crippen LogP contribution is 2.18. The van der Waals surface area contributed by atoms with Crippen molar-refractivity contribution in [2.24, 2.45) is 0 Å². The number of benzene rings is 2. The predicted molar refractivity (Wildman–Crippen MR) is 155 cm³/mol. The Morgan fingerprint density at radius 3 is 1.95 bits per heavy atom. The third-order valence-corrected chi connectivity index (χ3v) is 7.47. The fourth-order valence-corrected chi connectivity index (χ4v) is 4.71. The number of carbonyl (C=O) groups excluding carboxylic acids is 1. The number of carbonyl (C=O) groups is 1. The van der Waals surface area contributed by atoms with E-state index >= 15 is 0 Å². The Balaban J connectivity index is 1.59. The fourth-order valence-electron chi connectivity index (χ4n) is 4.71. The third-order valence-electron chi connectivity index (χ3n) is 7.47. The predicted octanol–water partition coefficient (Wildman–Crippen LogP) is 8.47.